The van der Waals surface area contributed by atoms with Crippen LogP contribution in [-0.2, 0) is 0 Å². The minimum Gasteiger partial charge on any atom is -0.329 e. The topological polar surface area (TPSA) is 29.3 Å². The molecule has 1 aliphatic carbocycles. The highest BCUT2D eigenvalue weighted by Gasteiger charge is 2.43. The second-order valence-electron chi connectivity index (χ2n) is 5.39. The molecule has 1 aliphatic heterocycles. The zero-order chi connectivity index (χ0) is 10.9. The molecule has 1 saturated carbocycles. The van der Waals surface area contributed by atoms with E-state index in [2.05, 4.69) is 30.5 Å². The third-order valence-electron chi connectivity index (χ3n) is 4.19. The summed E-state index contributed by atoms with van der Waals surface area (Å²) in [6.45, 7) is 6.84. The molecular weight excluding hydrogens is 204 g/mol. The van der Waals surface area contributed by atoms with Crippen LogP contribution in [0.3, 0.4) is 0 Å². The summed E-state index contributed by atoms with van der Waals surface area (Å²) in [6.07, 6.45) is 4.01. The van der Waals surface area contributed by atoms with Gasteiger partial charge in [0.2, 0.25) is 0 Å². The SMILES string of the molecule is CC1CCC(CN)(N2CCSCC2C)C1. The van der Waals surface area contributed by atoms with E-state index in [1.807, 2.05) is 0 Å². The predicted molar refractivity (Wildman–Crippen MR) is 68.3 cm³/mol. The summed E-state index contributed by atoms with van der Waals surface area (Å²) in [5.74, 6) is 3.45. The molecule has 0 aromatic heterocycles. The highest BCUT2D eigenvalue weighted by molar-refractivity contribution is 7.99. The predicted octanol–water partition coefficient (Wildman–Crippen LogP) is 1.94. The first-order valence-corrected chi connectivity index (χ1v) is 7.38. The molecule has 2 nitrogen and oxygen atoms in total. The molecular formula is C12H24N2S. The molecule has 3 unspecified atom stereocenters. The fourth-order valence-electron chi connectivity index (χ4n) is 3.36. The van der Waals surface area contributed by atoms with E-state index in [0.717, 1.165) is 18.5 Å². The van der Waals surface area contributed by atoms with Crippen LogP contribution in [0.25, 0.3) is 0 Å². The van der Waals surface area contributed by atoms with Crippen LogP contribution in [0.2, 0.25) is 0 Å². The quantitative estimate of drug-likeness (QED) is 0.783. The van der Waals surface area contributed by atoms with Crippen LogP contribution in [-0.4, -0.2) is 41.1 Å². The maximum absolute atomic E-state index is 6.08. The summed E-state index contributed by atoms with van der Waals surface area (Å²) in [7, 11) is 0. The Bertz CT molecular complexity index is 222. The van der Waals surface area contributed by atoms with Crippen LogP contribution in [0.15, 0.2) is 0 Å². The third kappa shape index (κ3) is 2.20. The van der Waals surface area contributed by atoms with Gasteiger partial charge in [0, 0.05) is 36.2 Å². The Kier molecular flexibility index (Phi) is 3.63. The van der Waals surface area contributed by atoms with Gasteiger partial charge in [0.05, 0.1) is 0 Å². The third-order valence-corrected chi connectivity index (χ3v) is 5.38. The first kappa shape index (κ1) is 11.7. The van der Waals surface area contributed by atoms with Gasteiger partial charge in [-0.05, 0) is 32.1 Å². The zero-order valence-electron chi connectivity index (χ0n) is 10.0. The molecule has 1 saturated heterocycles. The Morgan fingerprint density at radius 3 is 2.80 bits per heavy atom. The minimum absolute atomic E-state index is 0.347. The lowest BCUT2D eigenvalue weighted by Gasteiger charge is -2.46. The van der Waals surface area contributed by atoms with Crippen molar-refractivity contribution in [2.75, 3.05) is 24.6 Å². The Labute approximate surface area is 98.0 Å². The van der Waals surface area contributed by atoms with E-state index < -0.39 is 0 Å². The molecule has 0 aromatic carbocycles. The Morgan fingerprint density at radius 1 is 1.47 bits per heavy atom. The monoisotopic (exact) mass is 228 g/mol. The van der Waals surface area contributed by atoms with Crippen molar-refractivity contribution in [2.24, 2.45) is 11.7 Å². The van der Waals surface area contributed by atoms with Crippen LogP contribution in [0.4, 0.5) is 0 Å². The molecule has 0 spiro atoms. The van der Waals surface area contributed by atoms with Gasteiger partial charge in [-0.2, -0.15) is 11.8 Å². The van der Waals surface area contributed by atoms with Crippen molar-refractivity contribution >= 4 is 11.8 Å². The summed E-state index contributed by atoms with van der Waals surface area (Å²) >= 11 is 2.09. The fraction of sp³-hybridized carbons (Fsp3) is 1.00. The molecule has 2 rings (SSSR count). The second kappa shape index (κ2) is 4.64. The van der Waals surface area contributed by atoms with Crippen LogP contribution in [0.5, 0.6) is 0 Å². The van der Waals surface area contributed by atoms with E-state index in [0.29, 0.717) is 5.54 Å². The van der Waals surface area contributed by atoms with Crippen LogP contribution in [0.1, 0.15) is 33.1 Å². The molecule has 2 aliphatic rings. The van der Waals surface area contributed by atoms with Gasteiger partial charge in [0.1, 0.15) is 0 Å². The van der Waals surface area contributed by atoms with Crippen molar-refractivity contribution in [1.82, 2.24) is 4.90 Å². The van der Waals surface area contributed by atoms with Crippen molar-refractivity contribution in [2.45, 2.75) is 44.7 Å². The van der Waals surface area contributed by atoms with Crippen LogP contribution in [0, 0.1) is 5.92 Å². The maximum atomic E-state index is 6.08. The molecule has 2 fully saturated rings. The number of hydrogen-bond donors (Lipinski definition) is 1. The molecule has 15 heavy (non-hydrogen) atoms. The lowest BCUT2D eigenvalue weighted by Crippen LogP contribution is -2.58. The van der Waals surface area contributed by atoms with Crippen molar-refractivity contribution < 1.29 is 0 Å². The van der Waals surface area contributed by atoms with Gasteiger partial charge in [-0.1, -0.05) is 6.92 Å². The smallest absolute Gasteiger partial charge is 0.0337 e. The first-order valence-electron chi connectivity index (χ1n) is 6.22. The zero-order valence-corrected chi connectivity index (χ0v) is 10.9. The fourth-order valence-corrected chi connectivity index (χ4v) is 4.38. The largest absolute Gasteiger partial charge is 0.329 e. The van der Waals surface area contributed by atoms with Gasteiger partial charge < -0.3 is 5.73 Å². The molecule has 3 atom stereocenters. The number of hydrogen-bond acceptors (Lipinski definition) is 3. The van der Waals surface area contributed by atoms with E-state index in [4.69, 9.17) is 5.73 Å². The summed E-state index contributed by atoms with van der Waals surface area (Å²) in [5.41, 5.74) is 6.42. The Morgan fingerprint density at radius 2 is 2.27 bits per heavy atom. The molecule has 1 heterocycles. The van der Waals surface area contributed by atoms with E-state index in [1.165, 1.54) is 37.3 Å². The van der Waals surface area contributed by atoms with Gasteiger partial charge in [-0.15, -0.1) is 0 Å². The number of rotatable bonds is 2. The van der Waals surface area contributed by atoms with E-state index in [-0.39, 0.29) is 0 Å². The van der Waals surface area contributed by atoms with Crippen molar-refractivity contribution in [3.8, 4) is 0 Å². The van der Waals surface area contributed by atoms with E-state index in [9.17, 15) is 0 Å². The molecule has 0 bridgehead atoms. The van der Waals surface area contributed by atoms with Gasteiger partial charge in [0.25, 0.3) is 0 Å². The normalized spacial score (nSPS) is 43.4. The van der Waals surface area contributed by atoms with E-state index in [1.54, 1.807) is 0 Å². The molecule has 0 aromatic rings. The number of nitrogens with zero attached hydrogens (tertiary/aromatic N) is 1. The second-order valence-corrected chi connectivity index (χ2v) is 6.54. The lowest BCUT2D eigenvalue weighted by molar-refractivity contribution is 0.0690. The van der Waals surface area contributed by atoms with Crippen molar-refractivity contribution in [3.63, 3.8) is 0 Å². The average molecular weight is 228 g/mol. The maximum Gasteiger partial charge on any atom is 0.0337 e. The summed E-state index contributed by atoms with van der Waals surface area (Å²) < 4.78 is 0. The highest BCUT2D eigenvalue weighted by Crippen LogP contribution is 2.40. The van der Waals surface area contributed by atoms with Gasteiger partial charge in [-0.25, -0.2) is 0 Å². The number of thioether (sulfide) groups is 1. The highest BCUT2D eigenvalue weighted by atomic mass is 32.2. The number of nitrogens with two attached hydrogens (primary N) is 1. The Balaban J connectivity index is 2.10. The molecule has 88 valence electrons. The molecule has 3 heteroatoms. The minimum atomic E-state index is 0.347. The molecule has 2 N–H and O–H groups in total. The van der Waals surface area contributed by atoms with E-state index >= 15 is 0 Å². The standard InChI is InChI=1S/C12H24N2S/c1-10-3-4-12(7-10,9-13)14-5-6-15-8-11(14)2/h10-11H,3-9,13H2,1-2H3. The average Bonchev–Trinajstić information content (AvgIpc) is 2.62. The van der Waals surface area contributed by atoms with Gasteiger partial charge in [-0.3, -0.25) is 4.90 Å². The van der Waals surface area contributed by atoms with Gasteiger partial charge in [0.15, 0.2) is 0 Å². The van der Waals surface area contributed by atoms with Crippen molar-refractivity contribution in [3.05, 3.63) is 0 Å². The summed E-state index contributed by atoms with van der Waals surface area (Å²) in [6, 6.07) is 0.720. The molecule has 0 radical (unpaired) electrons. The lowest BCUT2D eigenvalue weighted by atomic mass is 9.92. The summed E-state index contributed by atoms with van der Waals surface area (Å²) in [5, 5.41) is 0. The van der Waals surface area contributed by atoms with Crippen molar-refractivity contribution in [1.29, 1.82) is 0 Å². The van der Waals surface area contributed by atoms with Crippen LogP contribution >= 0.6 is 11.8 Å². The van der Waals surface area contributed by atoms with Crippen LogP contribution < -0.4 is 5.73 Å². The van der Waals surface area contributed by atoms with Gasteiger partial charge >= 0.3 is 0 Å². The first-order chi connectivity index (χ1) is 7.18. The summed E-state index contributed by atoms with van der Waals surface area (Å²) in [4.78, 5) is 2.72. The molecule has 0 amide bonds. The Hall–Kier alpha value is 0.270.